The average molecular weight is 664 g/mol. The van der Waals surface area contributed by atoms with Gasteiger partial charge >= 0.3 is 18.0 Å². The molecule has 0 heterocycles. The van der Waals surface area contributed by atoms with Gasteiger partial charge in [-0.2, -0.15) is 0 Å². The molecule has 2 N–H and O–H groups in total. The Labute approximate surface area is 271 Å². The molecule has 3 rings (SSSR count). The summed E-state index contributed by atoms with van der Waals surface area (Å²) in [5.74, 6) is -1.51. The molecule has 0 aliphatic carbocycles. The molecule has 0 aromatic heterocycles. The van der Waals surface area contributed by atoms with Crippen LogP contribution in [0.5, 0.6) is 11.5 Å². The van der Waals surface area contributed by atoms with E-state index in [0.29, 0.717) is 21.4 Å². The van der Waals surface area contributed by atoms with Gasteiger partial charge in [-0.25, -0.2) is 14.4 Å². The number of nitrogens with one attached hydrogen (secondary N) is 2. The lowest BCUT2D eigenvalue weighted by Crippen LogP contribution is -2.32. The number of amides is 2. The van der Waals surface area contributed by atoms with E-state index in [2.05, 4.69) is 10.6 Å². The summed E-state index contributed by atoms with van der Waals surface area (Å²) in [6, 6.07) is 10.9. The Morgan fingerprint density at radius 1 is 0.800 bits per heavy atom. The lowest BCUT2D eigenvalue weighted by Gasteiger charge is -2.21. The van der Waals surface area contributed by atoms with Gasteiger partial charge in [0.2, 0.25) is 0 Å². The molecular formula is C32H36Cl2N2O9. The van der Waals surface area contributed by atoms with E-state index < -0.39 is 48.4 Å². The Kier molecular flexibility index (Phi) is 11.5. The summed E-state index contributed by atoms with van der Waals surface area (Å²) >= 11 is 12.6. The molecule has 0 unspecified atom stereocenters. The lowest BCUT2D eigenvalue weighted by atomic mass is 10.1. The molecular weight excluding hydrogens is 627 g/mol. The number of alkyl carbamates (subject to hydrolysis) is 1. The van der Waals surface area contributed by atoms with Crippen molar-refractivity contribution in [1.29, 1.82) is 0 Å². The molecule has 0 fully saturated rings. The number of halogens is 2. The highest BCUT2D eigenvalue weighted by Crippen LogP contribution is 2.36. The van der Waals surface area contributed by atoms with Crippen LogP contribution in [-0.4, -0.2) is 55.5 Å². The van der Waals surface area contributed by atoms with Crippen molar-refractivity contribution < 1.29 is 42.9 Å². The number of carbonyl (C=O) groups is 4. The molecule has 242 valence electrons. The number of esters is 2. The van der Waals surface area contributed by atoms with Gasteiger partial charge in [0, 0.05) is 17.0 Å². The number of fused-ring (bicyclic) bond motifs is 1. The molecule has 11 nitrogen and oxygen atoms in total. The van der Waals surface area contributed by atoms with Crippen molar-refractivity contribution in [3.8, 4) is 11.5 Å². The molecule has 45 heavy (non-hydrogen) atoms. The molecule has 0 bridgehead atoms. The molecule has 13 heteroatoms. The monoisotopic (exact) mass is 662 g/mol. The molecule has 0 aliphatic heterocycles. The second-order valence-corrected chi connectivity index (χ2v) is 12.7. The first-order valence-corrected chi connectivity index (χ1v) is 14.6. The van der Waals surface area contributed by atoms with E-state index in [1.165, 1.54) is 19.2 Å². The first kappa shape index (κ1) is 35.3. The normalized spacial score (nSPS) is 11.4. The highest BCUT2D eigenvalue weighted by Gasteiger charge is 2.20. The predicted molar refractivity (Wildman–Crippen MR) is 170 cm³/mol. The first-order valence-electron chi connectivity index (χ1n) is 13.8. The Morgan fingerprint density at radius 2 is 1.47 bits per heavy atom. The third-order valence-corrected chi connectivity index (χ3v) is 6.15. The third kappa shape index (κ3) is 11.0. The van der Waals surface area contributed by atoms with Gasteiger partial charge in [0.15, 0.2) is 13.2 Å². The maximum absolute atomic E-state index is 13.0. The van der Waals surface area contributed by atoms with Crippen LogP contribution in [0, 0.1) is 0 Å². The third-order valence-electron chi connectivity index (χ3n) is 5.63. The predicted octanol–water partition coefficient (Wildman–Crippen LogP) is 6.70. The van der Waals surface area contributed by atoms with Crippen LogP contribution in [0.3, 0.4) is 0 Å². The average Bonchev–Trinajstić information content (AvgIpc) is 2.91. The minimum Gasteiger partial charge on any atom is -0.483 e. The maximum Gasteiger partial charge on any atom is 0.407 e. The fraction of sp³-hybridized carbons (Fsp3) is 0.375. The maximum atomic E-state index is 13.0. The first-order chi connectivity index (χ1) is 20.9. The summed E-state index contributed by atoms with van der Waals surface area (Å²) in [6.45, 7) is 9.60. The molecule has 0 spiro atoms. The number of hydrogen-bond acceptors (Lipinski definition) is 9. The Morgan fingerprint density at radius 3 is 2.11 bits per heavy atom. The van der Waals surface area contributed by atoms with Crippen LogP contribution < -0.4 is 20.1 Å². The number of hydrogen-bond donors (Lipinski definition) is 2. The van der Waals surface area contributed by atoms with Crippen molar-refractivity contribution in [1.82, 2.24) is 5.32 Å². The fourth-order valence-corrected chi connectivity index (χ4v) is 4.57. The number of rotatable bonds is 10. The van der Waals surface area contributed by atoms with E-state index in [0.717, 1.165) is 0 Å². The smallest absolute Gasteiger partial charge is 0.407 e. The summed E-state index contributed by atoms with van der Waals surface area (Å²) in [4.78, 5) is 49.8. The van der Waals surface area contributed by atoms with E-state index in [9.17, 15) is 19.2 Å². The summed E-state index contributed by atoms with van der Waals surface area (Å²) in [5.41, 5.74) is -0.391. The van der Waals surface area contributed by atoms with Gasteiger partial charge < -0.3 is 34.3 Å². The van der Waals surface area contributed by atoms with Gasteiger partial charge in [0.05, 0.1) is 23.4 Å². The largest absolute Gasteiger partial charge is 0.483 e. The van der Waals surface area contributed by atoms with E-state index in [-0.39, 0.29) is 34.3 Å². The molecule has 0 aliphatic rings. The minimum absolute atomic E-state index is 0.0867. The standard InChI is InChI=1S/C32H36Cl2N2O9/c1-31(2,3)44-27(38)17-43-24-10-18(15-35-30(40)45-32(4,5)6)8-9-23(24)36-26(37)16-42-25-13-20(29(39)41-7)11-19-12-21(33)14-22(34)28(19)25/h8-14H,15-17H2,1-7H3,(H,35,40)(H,36,37). The zero-order chi connectivity index (χ0) is 33.5. The van der Waals surface area contributed by atoms with Crippen molar-refractivity contribution >= 4 is 63.6 Å². The zero-order valence-corrected chi connectivity index (χ0v) is 27.6. The zero-order valence-electron chi connectivity index (χ0n) is 26.1. The summed E-state index contributed by atoms with van der Waals surface area (Å²) in [7, 11) is 1.24. The van der Waals surface area contributed by atoms with Crippen molar-refractivity contribution in [3.63, 3.8) is 0 Å². The van der Waals surface area contributed by atoms with Crippen LogP contribution in [0.4, 0.5) is 10.5 Å². The Hall–Kier alpha value is -4.22. The highest BCUT2D eigenvalue weighted by molar-refractivity contribution is 6.39. The van der Waals surface area contributed by atoms with E-state index >= 15 is 0 Å². The summed E-state index contributed by atoms with van der Waals surface area (Å²) in [5, 5.41) is 6.92. The highest BCUT2D eigenvalue weighted by atomic mass is 35.5. The van der Waals surface area contributed by atoms with Crippen LogP contribution in [0.15, 0.2) is 42.5 Å². The molecule has 0 atom stereocenters. The molecule has 0 saturated heterocycles. The number of ether oxygens (including phenoxy) is 5. The van der Waals surface area contributed by atoms with Crippen molar-refractivity contribution in [2.45, 2.75) is 59.3 Å². The molecule has 0 radical (unpaired) electrons. The van der Waals surface area contributed by atoms with Gasteiger partial charge in [-0.15, -0.1) is 0 Å². The van der Waals surface area contributed by atoms with E-state index in [1.807, 2.05) is 0 Å². The molecule has 2 amide bonds. The van der Waals surface area contributed by atoms with Crippen LogP contribution in [0.2, 0.25) is 10.0 Å². The second kappa shape index (κ2) is 14.7. The van der Waals surface area contributed by atoms with Gasteiger partial charge in [0.1, 0.15) is 22.7 Å². The molecule has 3 aromatic carbocycles. The van der Waals surface area contributed by atoms with Crippen LogP contribution in [0.25, 0.3) is 10.8 Å². The molecule has 3 aromatic rings. The number of methoxy groups -OCH3 is 1. The Balaban J connectivity index is 1.81. The van der Waals surface area contributed by atoms with Gasteiger partial charge in [-0.05, 0) is 88.9 Å². The SMILES string of the molecule is COC(=O)c1cc(OCC(=O)Nc2ccc(CNC(=O)OC(C)(C)C)cc2OCC(=O)OC(C)(C)C)c2c(Cl)cc(Cl)cc2c1. The number of benzene rings is 3. The minimum atomic E-state index is -0.725. The van der Waals surface area contributed by atoms with Crippen LogP contribution >= 0.6 is 23.2 Å². The number of carbonyl (C=O) groups excluding carboxylic acids is 4. The van der Waals surface area contributed by atoms with Gasteiger partial charge in [-0.3, -0.25) is 4.79 Å². The lowest BCUT2D eigenvalue weighted by molar-refractivity contribution is -0.157. The number of anilines is 1. The second-order valence-electron chi connectivity index (χ2n) is 11.8. The van der Waals surface area contributed by atoms with Crippen LogP contribution in [0.1, 0.15) is 57.5 Å². The van der Waals surface area contributed by atoms with Gasteiger partial charge in [-0.1, -0.05) is 29.3 Å². The van der Waals surface area contributed by atoms with E-state index in [4.69, 9.17) is 46.9 Å². The quantitative estimate of drug-likeness (QED) is 0.179. The topological polar surface area (TPSA) is 138 Å². The van der Waals surface area contributed by atoms with Crippen LogP contribution in [-0.2, 0) is 30.3 Å². The Bertz CT molecular complexity index is 1590. The van der Waals surface area contributed by atoms with Gasteiger partial charge in [0.25, 0.3) is 5.91 Å². The fourth-order valence-electron chi connectivity index (χ4n) is 3.96. The summed E-state index contributed by atoms with van der Waals surface area (Å²) in [6.07, 6.45) is -0.612. The van der Waals surface area contributed by atoms with Crippen molar-refractivity contribution in [2.75, 3.05) is 25.6 Å². The van der Waals surface area contributed by atoms with Crippen molar-refractivity contribution in [2.24, 2.45) is 0 Å². The van der Waals surface area contributed by atoms with E-state index in [1.54, 1.807) is 71.9 Å². The van der Waals surface area contributed by atoms with Crippen molar-refractivity contribution in [3.05, 3.63) is 63.6 Å². The molecule has 0 saturated carbocycles. The summed E-state index contributed by atoms with van der Waals surface area (Å²) < 4.78 is 26.9.